The van der Waals surface area contributed by atoms with Crippen LogP contribution < -0.4 is 4.74 Å². The summed E-state index contributed by atoms with van der Waals surface area (Å²) >= 11 is 6.05. The Morgan fingerprint density at radius 2 is 1.81 bits per heavy atom. The van der Waals surface area contributed by atoms with E-state index < -0.39 is 25.1 Å². The molecule has 0 unspecified atom stereocenters. The Morgan fingerprint density at radius 3 is 2.44 bits per heavy atom. The third kappa shape index (κ3) is 4.13. The average molecular weight is 430 g/mol. The van der Waals surface area contributed by atoms with Gasteiger partial charge in [-0.05, 0) is 30.2 Å². The van der Waals surface area contributed by atoms with E-state index in [4.69, 9.17) is 16.3 Å². The molecule has 0 amide bonds. The lowest BCUT2D eigenvalue weighted by atomic mass is 10.1. The fourth-order valence-corrected chi connectivity index (χ4v) is 6.88. The summed E-state index contributed by atoms with van der Waals surface area (Å²) in [5.74, 6) is 0.147. The molecule has 0 aromatic heterocycles. The van der Waals surface area contributed by atoms with E-state index >= 15 is 0 Å². The van der Waals surface area contributed by atoms with Gasteiger partial charge in [-0.25, -0.2) is 16.8 Å². The Kier molecular flexibility index (Phi) is 5.81. The predicted octanol–water partition coefficient (Wildman–Crippen LogP) is 2.90. The molecular weight excluding hydrogens is 410 g/mol. The summed E-state index contributed by atoms with van der Waals surface area (Å²) in [6.07, 6.45) is 0.204. The molecule has 2 aromatic rings. The van der Waals surface area contributed by atoms with Crippen molar-refractivity contribution in [2.75, 3.05) is 26.0 Å². The maximum Gasteiger partial charge on any atom is 0.243 e. The third-order valence-electron chi connectivity index (χ3n) is 4.63. The van der Waals surface area contributed by atoms with Gasteiger partial charge in [0.15, 0.2) is 9.84 Å². The minimum Gasteiger partial charge on any atom is -0.495 e. The van der Waals surface area contributed by atoms with Gasteiger partial charge in [0.25, 0.3) is 0 Å². The summed E-state index contributed by atoms with van der Waals surface area (Å²) in [6.45, 7) is 0.0302. The summed E-state index contributed by atoms with van der Waals surface area (Å²) in [6, 6.07) is 13.1. The summed E-state index contributed by atoms with van der Waals surface area (Å²) < 4.78 is 57.6. The van der Waals surface area contributed by atoms with E-state index in [1.54, 1.807) is 24.3 Å². The first-order valence-electron chi connectivity index (χ1n) is 8.36. The van der Waals surface area contributed by atoms with Crippen LogP contribution >= 0.6 is 11.6 Å². The number of rotatable bonds is 4. The zero-order chi connectivity index (χ0) is 19.7. The molecule has 2 aromatic carbocycles. The summed E-state index contributed by atoms with van der Waals surface area (Å²) in [4.78, 5) is 0.0175. The summed E-state index contributed by atoms with van der Waals surface area (Å²) in [5, 5.41) is -0.526. The van der Waals surface area contributed by atoms with Crippen LogP contribution in [0.5, 0.6) is 5.75 Å². The van der Waals surface area contributed by atoms with Crippen LogP contribution in [0.15, 0.2) is 53.4 Å². The number of nitrogens with zero attached hydrogens (tertiary/aromatic N) is 1. The first kappa shape index (κ1) is 20.1. The molecule has 0 saturated carbocycles. The minimum absolute atomic E-state index is 0.0175. The fraction of sp³-hybridized carbons (Fsp3) is 0.333. The molecular formula is C18H20ClNO5S2. The molecule has 1 heterocycles. The molecule has 6 nitrogen and oxygen atoms in total. The maximum atomic E-state index is 13.0. The highest BCUT2D eigenvalue weighted by Gasteiger charge is 2.35. The molecule has 146 valence electrons. The molecule has 0 aliphatic carbocycles. The average Bonchev–Trinajstić information content (AvgIpc) is 2.80. The summed E-state index contributed by atoms with van der Waals surface area (Å²) in [5.41, 5.74) is 0.684. The lowest BCUT2D eigenvalue weighted by molar-refractivity contribution is 0.414. The molecule has 1 aliphatic rings. The third-order valence-corrected chi connectivity index (χ3v) is 8.95. The first-order valence-corrected chi connectivity index (χ1v) is 11.9. The summed E-state index contributed by atoms with van der Waals surface area (Å²) in [7, 11) is -5.88. The number of benzene rings is 2. The molecule has 9 heteroatoms. The zero-order valence-electron chi connectivity index (χ0n) is 14.7. The topological polar surface area (TPSA) is 80.8 Å². The molecule has 0 radical (unpaired) electrons. The standard InChI is InChI=1S/C18H20ClNO5S2/c1-25-17-8-7-15(13-16(17)19)27(23,24)20-10-9-18(26(21,22)12-11-20)14-5-3-2-4-6-14/h2-8,13,18H,9-12H2,1H3/t18-/m1/s1. The van der Waals surface area contributed by atoms with E-state index in [9.17, 15) is 16.8 Å². The Hall–Kier alpha value is -1.61. The quantitative estimate of drug-likeness (QED) is 0.746. The number of ether oxygens (including phenoxy) is 1. The van der Waals surface area contributed by atoms with Crippen molar-refractivity contribution in [2.45, 2.75) is 16.6 Å². The van der Waals surface area contributed by atoms with Crippen LogP contribution in [0.25, 0.3) is 0 Å². The largest absolute Gasteiger partial charge is 0.495 e. The normalized spacial score (nSPS) is 20.7. The number of hydrogen-bond acceptors (Lipinski definition) is 5. The van der Waals surface area contributed by atoms with Gasteiger partial charge >= 0.3 is 0 Å². The zero-order valence-corrected chi connectivity index (χ0v) is 17.1. The van der Waals surface area contributed by atoms with Crippen LogP contribution in [0.1, 0.15) is 17.2 Å². The Balaban J connectivity index is 1.89. The number of methoxy groups -OCH3 is 1. The lowest BCUT2D eigenvalue weighted by Crippen LogP contribution is -2.33. The molecule has 0 bridgehead atoms. The van der Waals surface area contributed by atoms with Gasteiger partial charge in [-0.3, -0.25) is 0 Å². The van der Waals surface area contributed by atoms with Crippen molar-refractivity contribution in [2.24, 2.45) is 0 Å². The van der Waals surface area contributed by atoms with Gasteiger partial charge in [-0.15, -0.1) is 0 Å². The highest BCUT2D eigenvalue weighted by molar-refractivity contribution is 7.92. The van der Waals surface area contributed by atoms with E-state index in [2.05, 4.69) is 0 Å². The Labute approximate surface area is 164 Å². The number of sulfonamides is 1. The van der Waals surface area contributed by atoms with Crippen LogP contribution in [0, 0.1) is 0 Å². The van der Waals surface area contributed by atoms with Crippen LogP contribution in [-0.2, 0) is 19.9 Å². The minimum atomic E-state index is -3.86. The van der Waals surface area contributed by atoms with E-state index in [1.165, 1.54) is 29.6 Å². The monoisotopic (exact) mass is 429 g/mol. The molecule has 3 rings (SSSR count). The molecule has 0 spiro atoms. The van der Waals surface area contributed by atoms with E-state index in [-0.39, 0.29) is 35.2 Å². The van der Waals surface area contributed by atoms with Gasteiger partial charge in [-0.1, -0.05) is 41.9 Å². The molecule has 27 heavy (non-hydrogen) atoms. The van der Waals surface area contributed by atoms with Gasteiger partial charge in [0.05, 0.1) is 28.0 Å². The van der Waals surface area contributed by atoms with Crippen LogP contribution in [0.3, 0.4) is 0 Å². The second-order valence-electron chi connectivity index (χ2n) is 6.26. The van der Waals surface area contributed by atoms with Crippen molar-refractivity contribution in [3.63, 3.8) is 0 Å². The second kappa shape index (κ2) is 7.79. The van der Waals surface area contributed by atoms with Crippen molar-refractivity contribution in [3.05, 3.63) is 59.1 Å². The van der Waals surface area contributed by atoms with Crippen molar-refractivity contribution in [3.8, 4) is 5.75 Å². The Morgan fingerprint density at radius 1 is 1.11 bits per heavy atom. The highest BCUT2D eigenvalue weighted by atomic mass is 35.5. The van der Waals surface area contributed by atoms with Crippen molar-refractivity contribution >= 4 is 31.5 Å². The Bertz CT molecular complexity index is 1020. The molecule has 1 atom stereocenters. The SMILES string of the molecule is COc1ccc(S(=O)(=O)N2CC[C@H](c3ccccc3)S(=O)(=O)CC2)cc1Cl. The molecule has 1 aliphatic heterocycles. The highest BCUT2D eigenvalue weighted by Crippen LogP contribution is 2.32. The molecule has 0 N–H and O–H groups in total. The van der Waals surface area contributed by atoms with Crippen molar-refractivity contribution in [1.82, 2.24) is 4.31 Å². The van der Waals surface area contributed by atoms with Gasteiger partial charge in [0, 0.05) is 13.1 Å². The van der Waals surface area contributed by atoms with Gasteiger partial charge < -0.3 is 4.74 Å². The van der Waals surface area contributed by atoms with Gasteiger partial charge in [0.1, 0.15) is 5.75 Å². The van der Waals surface area contributed by atoms with E-state index in [0.717, 1.165) is 0 Å². The van der Waals surface area contributed by atoms with E-state index in [1.807, 2.05) is 6.07 Å². The lowest BCUT2D eigenvalue weighted by Gasteiger charge is -2.20. The van der Waals surface area contributed by atoms with E-state index in [0.29, 0.717) is 11.3 Å². The van der Waals surface area contributed by atoms with Crippen LogP contribution in [-0.4, -0.2) is 47.1 Å². The van der Waals surface area contributed by atoms with Gasteiger partial charge in [-0.2, -0.15) is 4.31 Å². The molecule has 1 saturated heterocycles. The van der Waals surface area contributed by atoms with Gasteiger partial charge in [0.2, 0.25) is 10.0 Å². The smallest absolute Gasteiger partial charge is 0.243 e. The van der Waals surface area contributed by atoms with Crippen molar-refractivity contribution < 1.29 is 21.6 Å². The second-order valence-corrected chi connectivity index (χ2v) is 10.9. The maximum absolute atomic E-state index is 13.0. The van der Waals surface area contributed by atoms with Crippen LogP contribution in [0.4, 0.5) is 0 Å². The predicted molar refractivity (Wildman–Crippen MR) is 104 cm³/mol. The number of halogens is 1. The first-order chi connectivity index (χ1) is 12.8. The van der Waals surface area contributed by atoms with Crippen molar-refractivity contribution in [1.29, 1.82) is 0 Å². The number of sulfone groups is 1. The number of hydrogen-bond donors (Lipinski definition) is 0. The fourth-order valence-electron chi connectivity index (χ4n) is 3.16. The molecule has 1 fully saturated rings. The van der Waals surface area contributed by atoms with Crippen LogP contribution in [0.2, 0.25) is 5.02 Å².